The fourth-order valence-electron chi connectivity index (χ4n) is 2.87. The molecule has 0 spiro atoms. The Hall–Kier alpha value is -2.38. The molecule has 3 rings (SSSR count). The van der Waals surface area contributed by atoms with E-state index in [4.69, 9.17) is 5.73 Å². The summed E-state index contributed by atoms with van der Waals surface area (Å²) in [6.45, 7) is 5.49. The monoisotopic (exact) mass is 376 g/mol. The van der Waals surface area contributed by atoms with Gasteiger partial charge in [0.25, 0.3) is 5.91 Å². The number of anilines is 2. The van der Waals surface area contributed by atoms with Crippen molar-refractivity contribution in [2.75, 3.05) is 49.9 Å². The van der Waals surface area contributed by atoms with E-state index in [0.717, 1.165) is 45.1 Å². The molecule has 2 aromatic rings. The largest absolute Gasteiger partial charge is 0.399 e. The van der Waals surface area contributed by atoms with Crippen molar-refractivity contribution in [2.24, 2.45) is 0 Å². The van der Waals surface area contributed by atoms with Crippen molar-refractivity contribution in [2.45, 2.75) is 6.42 Å². The molecule has 1 aliphatic rings. The second kappa shape index (κ2) is 9.94. The number of carbonyl (C=O) groups excluding carboxylic acids is 1. The molecule has 0 atom stereocenters. The van der Waals surface area contributed by atoms with Gasteiger partial charge in [0.1, 0.15) is 0 Å². The third-order valence-electron chi connectivity index (χ3n) is 4.32. The second-order valence-electron chi connectivity index (χ2n) is 6.11. The molecule has 1 fully saturated rings. The molecule has 2 heterocycles. The molecular weight excluding hydrogens is 352 g/mol. The molecule has 1 amide bonds. The number of nitrogens with zero attached hydrogens (tertiary/aromatic N) is 4. The van der Waals surface area contributed by atoms with Crippen LogP contribution in [0.2, 0.25) is 0 Å². The number of halogens is 1. The maximum absolute atomic E-state index is 12.0. The standard InChI is InChI=1S/C18H24N6O.ClH/c19-16-5-3-15(4-6-16)17(25)20-9-2-10-23-11-13-24(14-12-23)18-21-7-1-8-22-18;/h1,3-8H,2,9-14,19H2,(H,20,25);1H. The lowest BCUT2D eigenvalue weighted by molar-refractivity contribution is 0.0951. The molecule has 1 aromatic carbocycles. The summed E-state index contributed by atoms with van der Waals surface area (Å²) in [5.41, 5.74) is 6.94. The second-order valence-corrected chi connectivity index (χ2v) is 6.11. The molecule has 0 unspecified atom stereocenters. The van der Waals surface area contributed by atoms with Crippen LogP contribution < -0.4 is 16.0 Å². The number of hydrogen-bond acceptors (Lipinski definition) is 6. The highest BCUT2D eigenvalue weighted by molar-refractivity contribution is 5.94. The zero-order chi connectivity index (χ0) is 17.5. The third-order valence-corrected chi connectivity index (χ3v) is 4.32. The van der Waals surface area contributed by atoms with E-state index < -0.39 is 0 Å². The number of nitrogens with two attached hydrogens (primary N) is 1. The first-order valence-electron chi connectivity index (χ1n) is 8.60. The molecular formula is C18H25ClN6O. The maximum atomic E-state index is 12.0. The summed E-state index contributed by atoms with van der Waals surface area (Å²) in [5, 5.41) is 2.96. The molecule has 1 aromatic heterocycles. The van der Waals surface area contributed by atoms with Gasteiger partial charge in [-0.1, -0.05) is 0 Å². The number of piperazine rings is 1. The van der Waals surface area contributed by atoms with Gasteiger partial charge in [-0.3, -0.25) is 9.69 Å². The molecule has 1 aliphatic heterocycles. The van der Waals surface area contributed by atoms with E-state index in [9.17, 15) is 4.79 Å². The lowest BCUT2D eigenvalue weighted by atomic mass is 10.2. The number of carbonyl (C=O) groups is 1. The summed E-state index contributed by atoms with van der Waals surface area (Å²) in [5.74, 6) is 0.754. The summed E-state index contributed by atoms with van der Waals surface area (Å²) in [6, 6.07) is 8.80. The molecule has 8 heteroatoms. The predicted octanol–water partition coefficient (Wildman–Crippen LogP) is 1.42. The fraction of sp³-hybridized carbons (Fsp3) is 0.389. The molecule has 140 valence electrons. The molecule has 7 nitrogen and oxygen atoms in total. The van der Waals surface area contributed by atoms with E-state index >= 15 is 0 Å². The predicted molar refractivity (Wildman–Crippen MR) is 106 cm³/mol. The van der Waals surface area contributed by atoms with Crippen LogP contribution in [0.1, 0.15) is 16.8 Å². The Morgan fingerprint density at radius 3 is 2.38 bits per heavy atom. The van der Waals surface area contributed by atoms with Gasteiger partial charge in [-0.25, -0.2) is 9.97 Å². The van der Waals surface area contributed by atoms with Gasteiger partial charge < -0.3 is 16.0 Å². The molecule has 3 N–H and O–H groups in total. The van der Waals surface area contributed by atoms with E-state index in [1.54, 1.807) is 36.7 Å². The van der Waals surface area contributed by atoms with Crippen molar-refractivity contribution < 1.29 is 4.79 Å². The quantitative estimate of drug-likeness (QED) is 0.585. The maximum Gasteiger partial charge on any atom is 0.251 e. The zero-order valence-electron chi connectivity index (χ0n) is 14.7. The van der Waals surface area contributed by atoms with E-state index in [-0.39, 0.29) is 18.3 Å². The highest BCUT2D eigenvalue weighted by Crippen LogP contribution is 2.10. The average molecular weight is 377 g/mol. The third kappa shape index (κ3) is 5.57. The molecule has 1 saturated heterocycles. The van der Waals surface area contributed by atoms with Crippen molar-refractivity contribution in [3.8, 4) is 0 Å². The van der Waals surface area contributed by atoms with Gasteiger partial charge in [0.2, 0.25) is 5.95 Å². The van der Waals surface area contributed by atoms with E-state index in [2.05, 4.69) is 25.1 Å². The summed E-state index contributed by atoms with van der Waals surface area (Å²) in [6.07, 6.45) is 4.49. The van der Waals surface area contributed by atoms with Crippen LogP contribution >= 0.6 is 12.4 Å². The van der Waals surface area contributed by atoms with Gasteiger partial charge >= 0.3 is 0 Å². The zero-order valence-corrected chi connectivity index (χ0v) is 15.5. The van der Waals surface area contributed by atoms with E-state index in [0.29, 0.717) is 17.8 Å². The number of nitrogens with one attached hydrogen (secondary N) is 1. The smallest absolute Gasteiger partial charge is 0.251 e. The van der Waals surface area contributed by atoms with Crippen molar-refractivity contribution in [3.63, 3.8) is 0 Å². The van der Waals surface area contributed by atoms with Gasteiger partial charge in [-0.2, -0.15) is 0 Å². The van der Waals surface area contributed by atoms with Gasteiger partial charge in [0.05, 0.1) is 0 Å². The van der Waals surface area contributed by atoms with Crippen LogP contribution in [0.4, 0.5) is 11.6 Å². The summed E-state index contributed by atoms with van der Waals surface area (Å²) in [4.78, 5) is 25.2. The topological polar surface area (TPSA) is 87.4 Å². The molecule has 0 bridgehead atoms. The first kappa shape index (κ1) is 19.9. The van der Waals surface area contributed by atoms with Gasteiger partial charge in [0.15, 0.2) is 0 Å². The van der Waals surface area contributed by atoms with Crippen LogP contribution in [0.25, 0.3) is 0 Å². The highest BCUT2D eigenvalue weighted by atomic mass is 35.5. The Bertz CT molecular complexity index is 674. The summed E-state index contributed by atoms with van der Waals surface area (Å²) in [7, 11) is 0. The van der Waals surface area contributed by atoms with Crippen LogP contribution in [-0.4, -0.2) is 60.0 Å². The number of benzene rings is 1. The number of aromatic nitrogens is 2. The first-order valence-corrected chi connectivity index (χ1v) is 8.60. The number of nitrogen functional groups attached to an aromatic ring is 1. The molecule has 26 heavy (non-hydrogen) atoms. The first-order chi connectivity index (χ1) is 12.2. The fourth-order valence-corrected chi connectivity index (χ4v) is 2.87. The van der Waals surface area contributed by atoms with Crippen molar-refractivity contribution >= 4 is 29.9 Å². The van der Waals surface area contributed by atoms with Crippen LogP contribution in [0.15, 0.2) is 42.7 Å². The summed E-state index contributed by atoms with van der Waals surface area (Å²) < 4.78 is 0. The van der Waals surface area contributed by atoms with Crippen LogP contribution in [0, 0.1) is 0 Å². The van der Waals surface area contributed by atoms with Crippen LogP contribution in [0.3, 0.4) is 0 Å². The highest BCUT2D eigenvalue weighted by Gasteiger charge is 2.18. The average Bonchev–Trinajstić information content (AvgIpc) is 2.67. The number of rotatable bonds is 6. The molecule has 0 saturated carbocycles. The van der Waals surface area contributed by atoms with Gasteiger partial charge in [-0.15, -0.1) is 12.4 Å². The lowest BCUT2D eigenvalue weighted by Crippen LogP contribution is -2.47. The normalized spacial score (nSPS) is 14.5. The minimum atomic E-state index is -0.0500. The van der Waals surface area contributed by atoms with Crippen LogP contribution in [-0.2, 0) is 0 Å². The Morgan fingerprint density at radius 2 is 1.73 bits per heavy atom. The number of hydrogen-bond donors (Lipinski definition) is 2. The Labute approximate surface area is 160 Å². The molecule has 0 radical (unpaired) electrons. The SMILES string of the molecule is Cl.Nc1ccc(C(=O)NCCCN2CCN(c3ncccn3)CC2)cc1. The lowest BCUT2D eigenvalue weighted by Gasteiger charge is -2.34. The Morgan fingerprint density at radius 1 is 1.08 bits per heavy atom. The summed E-state index contributed by atoms with van der Waals surface area (Å²) >= 11 is 0. The van der Waals surface area contributed by atoms with Gasteiger partial charge in [0, 0.05) is 56.4 Å². The Kier molecular flexibility index (Phi) is 7.62. The van der Waals surface area contributed by atoms with Crippen molar-refractivity contribution in [1.29, 1.82) is 0 Å². The molecule has 0 aliphatic carbocycles. The van der Waals surface area contributed by atoms with Crippen LogP contribution in [0.5, 0.6) is 0 Å². The minimum absolute atomic E-state index is 0. The van der Waals surface area contributed by atoms with Crippen molar-refractivity contribution in [3.05, 3.63) is 48.3 Å². The van der Waals surface area contributed by atoms with E-state index in [1.165, 1.54) is 0 Å². The number of amides is 1. The minimum Gasteiger partial charge on any atom is -0.399 e. The van der Waals surface area contributed by atoms with Crippen molar-refractivity contribution in [1.82, 2.24) is 20.2 Å². The van der Waals surface area contributed by atoms with E-state index in [1.807, 2.05) is 6.07 Å². The van der Waals surface area contributed by atoms with Gasteiger partial charge in [-0.05, 0) is 43.3 Å². The Balaban J connectivity index is 0.00000243.